The Bertz CT molecular complexity index is 618. The maximum Gasteiger partial charge on any atom is 0.244 e. The molecule has 1 aromatic heterocycles. The number of nitrogens with zero attached hydrogens (tertiary/aromatic N) is 2. The van der Waals surface area contributed by atoms with Crippen LogP contribution >= 0.6 is 15.9 Å². The molecule has 5 nitrogen and oxygen atoms in total. The highest BCUT2D eigenvalue weighted by atomic mass is 79.9. The summed E-state index contributed by atoms with van der Waals surface area (Å²) in [6.45, 7) is 1.98. The van der Waals surface area contributed by atoms with Gasteiger partial charge >= 0.3 is 0 Å². The van der Waals surface area contributed by atoms with Gasteiger partial charge in [0.15, 0.2) is 0 Å². The standard InChI is InChI=1S/C14H19BrN2O3S/c1-11(18)7-13-5-3-2-4-6-17(13)21(19,20)14-8-12(15)9-16-10-14/h8-10,13H,2-7H2,1H3. The van der Waals surface area contributed by atoms with Crippen molar-refractivity contribution in [3.8, 4) is 0 Å². The maximum absolute atomic E-state index is 12.8. The Morgan fingerprint density at radius 3 is 2.81 bits per heavy atom. The lowest BCUT2D eigenvalue weighted by molar-refractivity contribution is -0.117. The van der Waals surface area contributed by atoms with E-state index in [9.17, 15) is 13.2 Å². The minimum Gasteiger partial charge on any atom is -0.300 e. The normalized spacial score (nSPS) is 21.0. The predicted octanol–water partition coefficient (Wildman–Crippen LogP) is 2.76. The number of carbonyl (C=O) groups excluding carboxylic acids is 1. The van der Waals surface area contributed by atoms with Crippen LogP contribution in [0.5, 0.6) is 0 Å². The fraction of sp³-hybridized carbons (Fsp3) is 0.571. The third-order valence-electron chi connectivity index (χ3n) is 3.63. The number of aromatic nitrogens is 1. The van der Waals surface area contributed by atoms with Crippen LogP contribution in [0.15, 0.2) is 27.8 Å². The summed E-state index contributed by atoms with van der Waals surface area (Å²) in [4.78, 5) is 15.6. The van der Waals surface area contributed by atoms with Gasteiger partial charge in [0.1, 0.15) is 10.7 Å². The summed E-state index contributed by atoms with van der Waals surface area (Å²) < 4.78 is 27.8. The van der Waals surface area contributed by atoms with Crippen molar-refractivity contribution in [1.29, 1.82) is 0 Å². The summed E-state index contributed by atoms with van der Waals surface area (Å²) in [6, 6.07) is 1.31. The Morgan fingerprint density at radius 1 is 1.38 bits per heavy atom. The van der Waals surface area contributed by atoms with Crippen LogP contribution in [-0.4, -0.2) is 36.1 Å². The Balaban J connectivity index is 2.36. The molecule has 1 aliphatic heterocycles. The number of Topliss-reactive ketones (excluding diaryl/α,β-unsaturated/α-hetero) is 1. The molecular weight excluding hydrogens is 356 g/mol. The van der Waals surface area contributed by atoms with Crippen LogP contribution in [0.4, 0.5) is 0 Å². The van der Waals surface area contributed by atoms with Gasteiger partial charge < -0.3 is 0 Å². The van der Waals surface area contributed by atoms with Crippen LogP contribution in [0.25, 0.3) is 0 Å². The third-order valence-corrected chi connectivity index (χ3v) is 5.98. The van der Waals surface area contributed by atoms with Crippen molar-refractivity contribution < 1.29 is 13.2 Å². The van der Waals surface area contributed by atoms with E-state index in [0.717, 1.165) is 25.7 Å². The summed E-state index contributed by atoms with van der Waals surface area (Å²) in [5.74, 6) is 0.0227. The van der Waals surface area contributed by atoms with E-state index in [1.807, 2.05) is 0 Å². The molecule has 0 spiro atoms. The molecule has 1 saturated heterocycles. The smallest absolute Gasteiger partial charge is 0.244 e. The van der Waals surface area contributed by atoms with E-state index in [4.69, 9.17) is 0 Å². The summed E-state index contributed by atoms with van der Waals surface area (Å²) in [5, 5.41) is 0. The zero-order chi connectivity index (χ0) is 15.5. The Labute approximate surface area is 133 Å². The number of halogens is 1. The lowest BCUT2D eigenvalue weighted by Crippen LogP contribution is -2.41. The first-order valence-corrected chi connectivity index (χ1v) is 9.26. The number of hydrogen-bond donors (Lipinski definition) is 0. The van der Waals surface area contributed by atoms with Crippen molar-refractivity contribution in [2.75, 3.05) is 6.54 Å². The monoisotopic (exact) mass is 374 g/mol. The lowest BCUT2D eigenvalue weighted by atomic mass is 10.1. The van der Waals surface area contributed by atoms with Gasteiger partial charge in [-0.25, -0.2) is 8.42 Å². The predicted molar refractivity (Wildman–Crippen MR) is 83.4 cm³/mol. The molecule has 1 aliphatic rings. The third kappa shape index (κ3) is 4.11. The molecule has 0 saturated carbocycles. The molecule has 0 aliphatic carbocycles. The lowest BCUT2D eigenvalue weighted by Gasteiger charge is -2.28. The van der Waals surface area contributed by atoms with Crippen molar-refractivity contribution in [3.05, 3.63) is 22.9 Å². The van der Waals surface area contributed by atoms with Crippen LogP contribution in [0.1, 0.15) is 39.0 Å². The first kappa shape index (κ1) is 16.6. The van der Waals surface area contributed by atoms with E-state index in [2.05, 4.69) is 20.9 Å². The highest BCUT2D eigenvalue weighted by Crippen LogP contribution is 2.27. The Hall–Kier alpha value is -0.790. The summed E-state index contributed by atoms with van der Waals surface area (Å²) in [5.41, 5.74) is 0. The number of rotatable bonds is 4. The number of ketones is 1. The molecule has 0 bridgehead atoms. The van der Waals surface area contributed by atoms with Crippen LogP contribution < -0.4 is 0 Å². The van der Waals surface area contributed by atoms with Crippen LogP contribution in [-0.2, 0) is 14.8 Å². The second-order valence-electron chi connectivity index (χ2n) is 5.36. The van der Waals surface area contributed by atoms with Gasteiger partial charge in [-0.1, -0.05) is 12.8 Å². The topological polar surface area (TPSA) is 67.3 Å². The van der Waals surface area contributed by atoms with E-state index >= 15 is 0 Å². The fourth-order valence-corrected chi connectivity index (χ4v) is 4.87. The van der Waals surface area contributed by atoms with Crippen molar-refractivity contribution >= 4 is 31.7 Å². The molecule has 116 valence electrons. The molecule has 2 heterocycles. The highest BCUT2D eigenvalue weighted by molar-refractivity contribution is 9.10. The average molecular weight is 375 g/mol. The maximum atomic E-state index is 12.8. The van der Waals surface area contributed by atoms with E-state index < -0.39 is 10.0 Å². The Morgan fingerprint density at radius 2 is 2.14 bits per heavy atom. The molecule has 0 radical (unpaired) electrons. The minimum absolute atomic E-state index is 0.0227. The second kappa shape index (κ2) is 6.98. The van der Waals surface area contributed by atoms with Gasteiger partial charge in [-0.2, -0.15) is 4.31 Å². The van der Waals surface area contributed by atoms with Crippen LogP contribution in [0.3, 0.4) is 0 Å². The quantitative estimate of drug-likeness (QED) is 0.812. The van der Waals surface area contributed by atoms with Gasteiger partial charge in [0.25, 0.3) is 0 Å². The molecule has 1 fully saturated rings. The molecule has 7 heteroatoms. The molecule has 1 aromatic rings. The SMILES string of the molecule is CC(=O)CC1CCCCCN1S(=O)(=O)c1cncc(Br)c1. The molecular formula is C14H19BrN2O3S. The zero-order valence-electron chi connectivity index (χ0n) is 12.0. The van der Waals surface area contributed by atoms with Gasteiger partial charge in [-0.05, 0) is 41.8 Å². The van der Waals surface area contributed by atoms with Crippen LogP contribution in [0, 0.1) is 0 Å². The Kier molecular flexibility index (Phi) is 5.51. The van der Waals surface area contributed by atoms with Crippen molar-refractivity contribution in [2.45, 2.75) is 50.0 Å². The average Bonchev–Trinajstić information content (AvgIpc) is 2.64. The van der Waals surface area contributed by atoms with E-state index in [1.54, 1.807) is 12.3 Å². The van der Waals surface area contributed by atoms with E-state index in [-0.39, 0.29) is 23.1 Å². The summed E-state index contributed by atoms with van der Waals surface area (Å²) in [7, 11) is -3.61. The van der Waals surface area contributed by atoms with Gasteiger partial charge in [-0.15, -0.1) is 0 Å². The molecule has 2 rings (SSSR count). The van der Waals surface area contributed by atoms with E-state index in [1.165, 1.54) is 17.4 Å². The number of sulfonamides is 1. The number of hydrogen-bond acceptors (Lipinski definition) is 4. The second-order valence-corrected chi connectivity index (χ2v) is 8.17. The largest absolute Gasteiger partial charge is 0.300 e. The van der Waals surface area contributed by atoms with Gasteiger partial charge in [0.05, 0.1) is 0 Å². The van der Waals surface area contributed by atoms with Crippen LogP contribution in [0.2, 0.25) is 0 Å². The zero-order valence-corrected chi connectivity index (χ0v) is 14.4. The first-order valence-electron chi connectivity index (χ1n) is 7.03. The molecule has 0 aromatic carbocycles. The molecule has 0 N–H and O–H groups in total. The van der Waals surface area contributed by atoms with Gasteiger partial charge in [0.2, 0.25) is 10.0 Å². The number of pyridine rings is 1. The first-order chi connectivity index (χ1) is 9.91. The van der Waals surface area contributed by atoms with Crippen molar-refractivity contribution in [3.63, 3.8) is 0 Å². The molecule has 1 unspecified atom stereocenters. The van der Waals surface area contributed by atoms with Gasteiger partial charge in [-0.3, -0.25) is 9.78 Å². The molecule has 1 atom stereocenters. The summed E-state index contributed by atoms with van der Waals surface area (Å²) >= 11 is 3.25. The highest BCUT2D eigenvalue weighted by Gasteiger charge is 2.33. The van der Waals surface area contributed by atoms with E-state index in [0.29, 0.717) is 11.0 Å². The van der Waals surface area contributed by atoms with Gasteiger partial charge in [0, 0.05) is 35.9 Å². The fourth-order valence-electron chi connectivity index (χ4n) is 2.67. The molecule has 21 heavy (non-hydrogen) atoms. The van der Waals surface area contributed by atoms with Crippen molar-refractivity contribution in [1.82, 2.24) is 9.29 Å². The summed E-state index contributed by atoms with van der Waals surface area (Å²) in [6.07, 6.45) is 6.71. The number of carbonyl (C=O) groups is 1. The minimum atomic E-state index is -3.61. The van der Waals surface area contributed by atoms with Crippen molar-refractivity contribution in [2.24, 2.45) is 0 Å². The molecule has 0 amide bonds.